The molecule has 0 radical (unpaired) electrons. The second kappa shape index (κ2) is 8.90. The molecule has 0 aromatic heterocycles. The van der Waals surface area contributed by atoms with Gasteiger partial charge in [-0.3, -0.25) is 9.59 Å². The molecule has 1 saturated heterocycles. The quantitative estimate of drug-likeness (QED) is 0.771. The van der Waals surface area contributed by atoms with Gasteiger partial charge in [0.2, 0.25) is 5.91 Å². The van der Waals surface area contributed by atoms with E-state index in [-0.39, 0.29) is 18.4 Å². The normalized spacial score (nSPS) is 17.7. The predicted molar refractivity (Wildman–Crippen MR) is 118 cm³/mol. The molecule has 2 aromatic carbocycles. The van der Waals surface area contributed by atoms with Crippen LogP contribution in [-0.4, -0.2) is 36.4 Å². The Morgan fingerprint density at radius 3 is 2.47 bits per heavy atom. The Hall–Kier alpha value is -2.82. The fraction of sp³-hybridized carbons (Fsp3) is 0.440. The fourth-order valence-corrected chi connectivity index (χ4v) is 4.69. The lowest BCUT2D eigenvalue weighted by molar-refractivity contribution is -0.132. The predicted octanol–water partition coefficient (Wildman–Crippen LogP) is 4.45. The van der Waals surface area contributed by atoms with E-state index in [4.69, 9.17) is 4.74 Å². The number of ether oxygens (including phenoxy) is 1. The summed E-state index contributed by atoms with van der Waals surface area (Å²) in [5.74, 6) is 0.651. The van der Waals surface area contributed by atoms with Crippen molar-refractivity contribution < 1.29 is 14.3 Å². The van der Waals surface area contributed by atoms with Gasteiger partial charge in [-0.1, -0.05) is 48.7 Å². The van der Waals surface area contributed by atoms with Crippen molar-refractivity contribution >= 4 is 17.5 Å². The molecule has 2 fully saturated rings. The van der Waals surface area contributed by atoms with Crippen molar-refractivity contribution in [3.63, 3.8) is 0 Å². The minimum Gasteiger partial charge on any atom is -0.484 e. The molecular weight excluding hydrogens is 376 g/mol. The van der Waals surface area contributed by atoms with Crippen molar-refractivity contribution in [3.05, 3.63) is 59.7 Å². The van der Waals surface area contributed by atoms with Crippen molar-refractivity contribution in [3.8, 4) is 5.75 Å². The zero-order valence-electron chi connectivity index (χ0n) is 17.7. The first-order valence-corrected chi connectivity index (χ1v) is 11.0. The van der Waals surface area contributed by atoms with Crippen LogP contribution in [0.5, 0.6) is 5.75 Å². The fourth-order valence-electron chi connectivity index (χ4n) is 4.69. The van der Waals surface area contributed by atoms with Crippen LogP contribution in [0.25, 0.3) is 0 Å². The zero-order chi connectivity index (χ0) is 21.0. The Labute approximate surface area is 178 Å². The molecule has 1 aliphatic heterocycles. The molecule has 1 heterocycles. The Morgan fingerprint density at radius 2 is 1.73 bits per heavy atom. The maximum absolute atomic E-state index is 13.4. The number of carbonyl (C=O) groups is 2. The number of anilines is 1. The summed E-state index contributed by atoms with van der Waals surface area (Å²) in [4.78, 5) is 27.4. The lowest BCUT2D eigenvalue weighted by Crippen LogP contribution is -2.38. The third-order valence-electron chi connectivity index (χ3n) is 6.38. The van der Waals surface area contributed by atoms with Crippen molar-refractivity contribution in [1.82, 2.24) is 4.90 Å². The van der Waals surface area contributed by atoms with E-state index in [1.165, 1.54) is 5.56 Å². The first-order valence-electron chi connectivity index (χ1n) is 11.0. The molecule has 2 aromatic rings. The van der Waals surface area contributed by atoms with Crippen molar-refractivity contribution in [2.24, 2.45) is 0 Å². The van der Waals surface area contributed by atoms with Gasteiger partial charge in [0.15, 0.2) is 6.61 Å². The van der Waals surface area contributed by atoms with Gasteiger partial charge in [0, 0.05) is 24.8 Å². The molecule has 30 heavy (non-hydrogen) atoms. The van der Waals surface area contributed by atoms with Crippen molar-refractivity contribution in [1.29, 1.82) is 0 Å². The third-order valence-corrected chi connectivity index (χ3v) is 6.38. The standard InChI is InChI=1S/C25H30N2O3/c1-19-8-6-9-20(16-19)25(12-2-3-13-25)24(29)26-21-10-7-11-22(17-21)30-18-23(28)27-14-4-5-15-27/h6-11,16-17H,2-5,12-15,18H2,1H3,(H,26,29). The summed E-state index contributed by atoms with van der Waals surface area (Å²) in [6, 6.07) is 15.6. The average Bonchev–Trinajstić information content (AvgIpc) is 3.45. The second-order valence-corrected chi connectivity index (χ2v) is 8.52. The van der Waals surface area contributed by atoms with Crippen LogP contribution in [0, 0.1) is 6.92 Å². The molecule has 1 N–H and O–H groups in total. The Balaban J connectivity index is 1.44. The highest BCUT2D eigenvalue weighted by Gasteiger charge is 2.42. The molecule has 0 atom stereocenters. The minimum atomic E-state index is -0.478. The van der Waals surface area contributed by atoms with E-state index < -0.39 is 5.41 Å². The van der Waals surface area contributed by atoms with Crippen molar-refractivity contribution in [2.45, 2.75) is 50.9 Å². The molecule has 1 aliphatic carbocycles. The van der Waals surface area contributed by atoms with E-state index in [0.29, 0.717) is 11.4 Å². The van der Waals surface area contributed by atoms with Gasteiger partial charge in [0.1, 0.15) is 5.75 Å². The maximum Gasteiger partial charge on any atom is 0.260 e. The van der Waals surface area contributed by atoms with Gasteiger partial charge >= 0.3 is 0 Å². The van der Waals surface area contributed by atoms with Crippen LogP contribution >= 0.6 is 0 Å². The van der Waals surface area contributed by atoms with Crippen LogP contribution in [0.1, 0.15) is 49.7 Å². The Bertz CT molecular complexity index is 912. The molecule has 0 bridgehead atoms. The number of nitrogens with one attached hydrogen (secondary N) is 1. The highest BCUT2D eigenvalue weighted by Crippen LogP contribution is 2.42. The molecule has 5 nitrogen and oxygen atoms in total. The number of hydrogen-bond acceptors (Lipinski definition) is 3. The molecule has 2 aliphatic rings. The summed E-state index contributed by atoms with van der Waals surface area (Å²) in [7, 11) is 0. The lowest BCUT2D eigenvalue weighted by Gasteiger charge is -2.28. The first-order chi connectivity index (χ1) is 14.6. The number of amides is 2. The minimum absolute atomic E-state index is 0.0197. The SMILES string of the molecule is Cc1cccc(C2(C(=O)Nc3cccc(OCC(=O)N4CCCC4)c3)CCCC2)c1. The number of aryl methyl sites for hydroxylation is 1. The summed E-state index contributed by atoms with van der Waals surface area (Å²) >= 11 is 0. The van der Waals surface area contributed by atoms with Crippen LogP contribution in [-0.2, 0) is 15.0 Å². The van der Waals surface area contributed by atoms with E-state index in [0.717, 1.165) is 57.2 Å². The van der Waals surface area contributed by atoms with Gasteiger partial charge in [-0.05, 0) is 50.3 Å². The van der Waals surface area contributed by atoms with Crippen LogP contribution in [0.2, 0.25) is 0 Å². The smallest absolute Gasteiger partial charge is 0.260 e. The topological polar surface area (TPSA) is 58.6 Å². The number of rotatable bonds is 6. The first kappa shape index (κ1) is 20.5. The van der Waals surface area contributed by atoms with Crippen LogP contribution in [0.15, 0.2) is 48.5 Å². The highest BCUT2D eigenvalue weighted by atomic mass is 16.5. The van der Waals surface area contributed by atoms with E-state index in [1.807, 2.05) is 29.2 Å². The maximum atomic E-state index is 13.4. The molecule has 0 spiro atoms. The average molecular weight is 407 g/mol. The van der Waals surface area contributed by atoms with E-state index in [1.54, 1.807) is 6.07 Å². The van der Waals surface area contributed by atoms with Crippen LogP contribution in [0.3, 0.4) is 0 Å². The molecule has 158 valence electrons. The summed E-state index contributed by atoms with van der Waals surface area (Å²) in [5, 5.41) is 3.11. The largest absolute Gasteiger partial charge is 0.484 e. The summed E-state index contributed by atoms with van der Waals surface area (Å²) < 4.78 is 5.71. The van der Waals surface area contributed by atoms with Crippen LogP contribution < -0.4 is 10.1 Å². The third kappa shape index (κ3) is 4.35. The second-order valence-electron chi connectivity index (χ2n) is 8.52. The molecule has 5 heteroatoms. The number of benzene rings is 2. The van der Waals surface area contributed by atoms with E-state index >= 15 is 0 Å². The monoisotopic (exact) mass is 406 g/mol. The lowest BCUT2D eigenvalue weighted by atomic mass is 9.77. The molecule has 2 amide bonds. The molecule has 0 unspecified atom stereocenters. The van der Waals surface area contributed by atoms with Gasteiger partial charge in [0.25, 0.3) is 5.91 Å². The molecule has 1 saturated carbocycles. The van der Waals surface area contributed by atoms with Crippen LogP contribution in [0.4, 0.5) is 5.69 Å². The Kier molecular flexibility index (Phi) is 6.07. The number of carbonyl (C=O) groups excluding carboxylic acids is 2. The van der Waals surface area contributed by atoms with Gasteiger partial charge in [0.05, 0.1) is 5.41 Å². The molecular formula is C25H30N2O3. The van der Waals surface area contributed by atoms with Gasteiger partial charge < -0.3 is 15.0 Å². The Morgan fingerprint density at radius 1 is 1.00 bits per heavy atom. The van der Waals surface area contributed by atoms with Gasteiger partial charge in [-0.2, -0.15) is 0 Å². The highest BCUT2D eigenvalue weighted by molar-refractivity contribution is 5.99. The zero-order valence-corrected chi connectivity index (χ0v) is 17.7. The van der Waals surface area contributed by atoms with Gasteiger partial charge in [-0.25, -0.2) is 0 Å². The number of nitrogens with zero attached hydrogens (tertiary/aromatic N) is 1. The van der Waals surface area contributed by atoms with E-state index in [9.17, 15) is 9.59 Å². The molecule has 4 rings (SSSR count). The van der Waals surface area contributed by atoms with E-state index in [2.05, 4.69) is 30.4 Å². The number of hydrogen-bond donors (Lipinski definition) is 1. The summed E-state index contributed by atoms with van der Waals surface area (Å²) in [6.07, 6.45) is 5.98. The van der Waals surface area contributed by atoms with Gasteiger partial charge in [-0.15, -0.1) is 0 Å². The summed E-state index contributed by atoms with van der Waals surface area (Å²) in [5.41, 5.74) is 2.49. The summed E-state index contributed by atoms with van der Waals surface area (Å²) in [6.45, 7) is 3.73. The number of likely N-dealkylation sites (tertiary alicyclic amines) is 1. The van der Waals surface area contributed by atoms with Crippen molar-refractivity contribution in [2.75, 3.05) is 25.0 Å².